The Bertz CT molecular complexity index is 223. The van der Waals surface area contributed by atoms with Gasteiger partial charge in [-0.1, -0.05) is 27.7 Å². The molecule has 1 heterocycles. The lowest BCUT2D eigenvalue weighted by molar-refractivity contribution is 0.00861. The van der Waals surface area contributed by atoms with Crippen LogP contribution >= 0.6 is 0 Å². The van der Waals surface area contributed by atoms with Crippen LogP contribution in [0.1, 0.15) is 53.4 Å². The van der Waals surface area contributed by atoms with E-state index in [2.05, 4.69) is 32.6 Å². The molecule has 2 N–H and O–H groups in total. The molecule has 0 amide bonds. The first kappa shape index (κ1) is 16.9. The quantitative estimate of drug-likeness (QED) is 0.737. The van der Waals surface area contributed by atoms with Crippen molar-refractivity contribution in [1.29, 1.82) is 0 Å². The van der Waals surface area contributed by atoms with Crippen molar-refractivity contribution in [2.24, 2.45) is 17.6 Å². The van der Waals surface area contributed by atoms with Gasteiger partial charge in [0.15, 0.2) is 0 Å². The summed E-state index contributed by atoms with van der Waals surface area (Å²) >= 11 is 0. The predicted molar refractivity (Wildman–Crippen MR) is 82.3 cm³/mol. The summed E-state index contributed by atoms with van der Waals surface area (Å²) in [4.78, 5) is 2.71. The van der Waals surface area contributed by atoms with Crippen molar-refractivity contribution in [3.05, 3.63) is 0 Å². The molecular formula is C16H34N2O. The highest BCUT2D eigenvalue weighted by atomic mass is 16.5. The number of hydrogen-bond donors (Lipinski definition) is 1. The molecule has 0 saturated carbocycles. The molecule has 0 aromatic carbocycles. The molecule has 114 valence electrons. The first-order valence-electron chi connectivity index (χ1n) is 8.17. The smallest absolute Gasteiger partial charge is 0.0469 e. The molecule has 1 unspecified atom stereocenters. The molecule has 1 aliphatic heterocycles. The van der Waals surface area contributed by atoms with E-state index in [1.54, 1.807) is 0 Å². The van der Waals surface area contributed by atoms with Gasteiger partial charge in [-0.25, -0.2) is 0 Å². The van der Waals surface area contributed by atoms with Gasteiger partial charge in [0, 0.05) is 38.4 Å². The Labute approximate surface area is 119 Å². The van der Waals surface area contributed by atoms with Gasteiger partial charge >= 0.3 is 0 Å². The van der Waals surface area contributed by atoms with E-state index in [1.165, 1.54) is 32.2 Å². The van der Waals surface area contributed by atoms with Crippen LogP contribution in [0.15, 0.2) is 0 Å². The standard InChI is InChI=1S/C16H34N2O/c1-5-15(6-2)18(12-13(3)4)16(11-17)14-7-9-19-10-8-14/h13-16H,5-12,17H2,1-4H3. The van der Waals surface area contributed by atoms with Crippen molar-refractivity contribution in [2.45, 2.75) is 65.5 Å². The third kappa shape index (κ3) is 5.05. The second-order valence-corrected chi connectivity index (χ2v) is 6.31. The molecule has 0 radical (unpaired) electrons. The van der Waals surface area contributed by atoms with Crippen LogP contribution in [0.5, 0.6) is 0 Å². The maximum absolute atomic E-state index is 6.14. The lowest BCUT2D eigenvalue weighted by atomic mass is 9.88. The van der Waals surface area contributed by atoms with Crippen LogP contribution in [-0.2, 0) is 4.74 Å². The van der Waals surface area contributed by atoms with Crippen molar-refractivity contribution < 1.29 is 4.74 Å². The van der Waals surface area contributed by atoms with Crippen LogP contribution in [0.3, 0.4) is 0 Å². The van der Waals surface area contributed by atoms with E-state index in [-0.39, 0.29) is 0 Å². The van der Waals surface area contributed by atoms with Crippen molar-refractivity contribution >= 4 is 0 Å². The highest BCUT2D eigenvalue weighted by Crippen LogP contribution is 2.26. The van der Waals surface area contributed by atoms with Crippen LogP contribution in [0.4, 0.5) is 0 Å². The molecule has 1 atom stereocenters. The Morgan fingerprint density at radius 1 is 1.16 bits per heavy atom. The monoisotopic (exact) mass is 270 g/mol. The Morgan fingerprint density at radius 3 is 2.16 bits per heavy atom. The molecule has 19 heavy (non-hydrogen) atoms. The fraction of sp³-hybridized carbons (Fsp3) is 1.00. The second-order valence-electron chi connectivity index (χ2n) is 6.31. The van der Waals surface area contributed by atoms with E-state index in [1.807, 2.05) is 0 Å². The maximum Gasteiger partial charge on any atom is 0.0469 e. The summed E-state index contributed by atoms with van der Waals surface area (Å²) in [6.07, 6.45) is 4.80. The number of hydrogen-bond acceptors (Lipinski definition) is 3. The first-order valence-corrected chi connectivity index (χ1v) is 8.17. The minimum absolute atomic E-state index is 0.538. The van der Waals surface area contributed by atoms with E-state index < -0.39 is 0 Å². The summed E-state index contributed by atoms with van der Waals surface area (Å²) in [7, 11) is 0. The normalized spacial score (nSPS) is 19.6. The first-order chi connectivity index (χ1) is 9.13. The van der Waals surface area contributed by atoms with Gasteiger partial charge in [0.25, 0.3) is 0 Å². The average Bonchev–Trinajstić information content (AvgIpc) is 2.41. The minimum atomic E-state index is 0.538. The molecule has 3 heteroatoms. The molecule has 0 aromatic heterocycles. The molecule has 1 rings (SSSR count). The van der Waals surface area contributed by atoms with Gasteiger partial charge in [0.2, 0.25) is 0 Å². The number of nitrogens with zero attached hydrogens (tertiary/aromatic N) is 1. The molecule has 1 saturated heterocycles. The molecular weight excluding hydrogens is 236 g/mol. The molecule has 1 aliphatic rings. The molecule has 0 aromatic rings. The summed E-state index contributed by atoms with van der Waals surface area (Å²) in [6.45, 7) is 13.0. The Hall–Kier alpha value is -0.120. The van der Waals surface area contributed by atoms with Crippen molar-refractivity contribution in [2.75, 3.05) is 26.3 Å². The summed E-state index contributed by atoms with van der Waals surface area (Å²) in [5.74, 6) is 1.42. The zero-order chi connectivity index (χ0) is 14.3. The predicted octanol–water partition coefficient (Wildman–Crippen LogP) is 2.89. The summed E-state index contributed by atoms with van der Waals surface area (Å²) in [6, 6.07) is 1.22. The topological polar surface area (TPSA) is 38.5 Å². The summed E-state index contributed by atoms with van der Waals surface area (Å²) in [5.41, 5.74) is 6.14. The SMILES string of the molecule is CCC(CC)N(CC(C)C)C(CN)C1CCOCC1. The van der Waals surface area contributed by atoms with Gasteiger partial charge in [-0.05, 0) is 37.5 Å². The van der Waals surface area contributed by atoms with Gasteiger partial charge in [-0.2, -0.15) is 0 Å². The number of ether oxygens (including phenoxy) is 1. The van der Waals surface area contributed by atoms with Crippen LogP contribution in [0.25, 0.3) is 0 Å². The molecule has 1 fully saturated rings. The molecule has 3 nitrogen and oxygen atoms in total. The van der Waals surface area contributed by atoms with Crippen LogP contribution < -0.4 is 5.73 Å². The van der Waals surface area contributed by atoms with E-state index in [4.69, 9.17) is 10.5 Å². The lowest BCUT2D eigenvalue weighted by Crippen LogP contribution is -2.52. The number of nitrogens with two attached hydrogens (primary N) is 1. The maximum atomic E-state index is 6.14. The summed E-state index contributed by atoms with van der Waals surface area (Å²) < 4.78 is 5.51. The van der Waals surface area contributed by atoms with Gasteiger partial charge in [0.1, 0.15) is 0 Å². The van der Waals surface area contributed by atoms with Gasteiger partial charge < -0.3 is 10.5 Å². The van der Waals surface area contributed by atoms with Gasteiger partial charge in [-0.3, -0.25) is 4.90 Å². The van der Waals surface area contributed by atoms with Gasteiger partial charge in [-0.15, -0.1) is 0 Å². The highest BCUT2D eigenvalue weighted by molar-refractivity contribution is 4.86. The Balaban J connectivity index is 2.77. The largest absolute Gasteiger partial charge is 0.381 e. The van der Waals surface area contributed by atoms with E-state index >= 15 is 0 Å². The summed E-state index contributed by atoms with van der Waals surface area (Å²) in [5, 5.41) is 0. The zero-order valence-corrected chi connectivity index (χ0v) is 13.4. The van der Waals surface area contributed by atoms with E-state index in [0.29, 0.717) is 18.0 Å². The third-order valence-corrected chi connectivity index (χ3v) is 4.47. The fourth-order valence-corrected chi connectivity index (χ4v) is 3.43. The van der Waals surface area contributed by atoms with Crippen molar-refractivity contribution in [3.63, 3.8) is 0 Å². The molecule has 0 aliphatic carbocycles. The minimum Gasteiger partial charge on any atom is -0.381 e. The van der Waals surface area contributed by atoms with Crippen LogP contribution in [0.2, 0.25) is 0 Å². The van der Waals surface area contributed by atoms with Crippen LogP contribution in [0, 0.1) is 11.8 Å². The zero-order valence-electron chi connectivity index (χ0n) is 13.4. The van der Waals surface area contributed by atoms with Crippen LogP contribution in [-0.4, -0.2) is 43.3 Å². The average molecular weight is 270 g/mol. The second kappa shape index (κ2) is 8.93. The third-order valence-electron chi connectivity index (χ3n) is 4.47. The molecule has 0 spiro atoms. The Morgan fingerprint density at radius 2 is 1.74 bits per heavy atom. The van der Waals surface area contributed by atoms with E-state index in [0.717, 1.165) is 25.7 Å². The highest BCUT2D eigenvalue weighted by Gasteiger charge is 2.31. The van der Waals surface area contributed by atoms with Gasteiger partial charge in [0.05, 0.1) is 0 Å². The van der Waals surface area contributed by atoms with E-state index in [9.17, 15) is 0 Å². The number of rotatable bonds is 8. The van der Waals surface area contributed by atoms with Crippen molar-refractivity contribution in [3.8, 4) is 0 Å². The lowest BCUT2D eigenvalue weighted by Gasteiger charge is -2.43. The van der Waals surface area contributed by atoms with Crippen molar-refractivity contribution in [1.82, 2.24) is 4.90 Å². The fourth-order valence-electron chi connectivity index (χ4n) is 3.43. The molecule has 0 bridgehead atoms. The Kier molecular flexibility index (Phi) is 7.96.